The molecule has 0 fully saturated rings. The lowest BCUT2D eigenvalue weighted by atomic mass is 10.0. The van der Waals surface area contributed by atoms with E-state index in [4.69, 9.17) is 9.47 Å². The number of benzene rings is 2. The smallest absolute Gasteiger partial charge is 0.119 e. The molecular formula is C30H46N2O2. The molecule has 0 spiro atoms. The van der Waals surface area contributed by atoms with Gasteiger partial charge in [-0.25, -0.2) is 0 Å². The van der Waals surface area contributed by atoms with Crippen molar-refractivity contribution < 1.29 is 9.47 Å². The Labute approximate surface area is 208 Å². The first kappa shape index (κ1) is 27.9. The molecule has 0 atom stereocenters. The summed E-state index contributed by atoms with van der Waals surface area (Å²) in [5.41, 5.74) is 1.62. The molecule has 0 aliphatic carbocycles. The molecule has 0 aliphatic rings. The fourth-order valence-electron chi connectivity index (χ4n) is 3.99. The molecule has 188 valence electrons. The molecule has 0 N–H and O–H groups in total. The first-order valence-corrected chi connectivity index (χ1v) is 13.7. The molecule has 4 nitrogen and oxygen atoms in total. The predicted octanol–water partition coefficient (Wildman–Crippen LogP) is 10.4. The number of ether oxygens (including phenoxy) is 2. The molecule has 2 aromatic carbocycles. The van der Waals surface area contributed by atoms with Gasteiger partial charge in [0, 0.05) is 0 Å². The van der Waals surface area contributed by atoms with Crippen LogP contribution in [0, 0.1) is 0 Å². The average Bonchev–Trinajstić information content (AvgIpc) is 2.87. The molecule has 0 bridgehead atoms. The minimum absolute atomic E-state index is 0.661. The van der Waals surface area contributed by atoms with Crippen molar-refractivity contribution in [2.45, 2.75) is 104 Å². The summed E-state index contributed by atoms with van der Waals surface area (Å²) in [7, 11) is 0. The van der Waals surface area contributed by atoms with Crippen LogP contribution in [0.15, 0.2) is 58.8 Å². The van der Waals surface area contributed by atoms with Crippen LogP contribution in [0.2, 0.25) is 0 Å². The van der Waals surface area contributed by atoms with Crippen LogP contribution in [0.4, 0.5) is 11.4 Å². The third-order valence-electron chi connectivity index (χ3n) is 6.03. The lowest BCUT2D eigenvalue weighted by Gasteiger charge is -2.06. The van der Waals surface area contributed by atoms with E-state index in [1.807, 2.05) is 55.5 Å². The van der Waals surface area contributed by atoms with Gasteiger partial charge in [0.05, 0.1) is 24.6 Å². The summed E-state index contributed by atoms with van der Waals surface area (Å²) in [6.45, 7) is 5.70. The van der Waals surface area contributed by atoms with Crippen LogP contribution in [0.25, 0.3) is 0 Å². The summed E-state index contributed by atoms with van der Waals surface area (Å²) in [5, 5.41) is 8.58. The van der Waals surface area contributed by atoms with E-state index < -0.39 is 0 Å². The zero-order chi connectivity index (χ0) is 24.1. The van der Waals surface area contributed by atoms with E-state index in [1.54, 1.807) is 0 Å². The summed E-state index contributed by atoms with van der Waals surface area (Å²) >= 11 is 0. The first-order chi connectivity index (χ1) is 16.8. The minimum atomic E-state index is 0.661. The number of hydrogen-bond donors (Lipinski definition) is 0. The lowest BCUT2D eigenvalue weighted by molar-refractivity contribution is 0.304. The van der Waals surface area contributed by atoms with Gasteiger partial charge < -0.3 is 9.47 Å². The molecule has 0 saturated carbocycles. The van der Waals surface area contributed by atoms with Gasteiger partial charge >= 0.3 is 0 Å². The Hall–Kier alpha value is -2.36. The molecule has 0 radical (unpaired) electrons. The second kappa shape index (κ2) is 19.0. The van der Waals surface area contributed by atoms with Crippen molar-refractivity contribution in [1.82, 2.24) is 0 Å². The standard InChI is InChI=1S/C30H46N2O2/c1-3-5-6-7-8-9-10-11-12-13-14-15-16-17-26-34-30-24-20-28(21-25-30)32-31-27-18-22-29(23-19-27)33-4-2/h18-25H,3-17,26H2,1-2H3/b32-31+. The topological polar surface area (TPSA) is 43.2 Å². The van der Waals surface area contributed by atoms with E-state index in [0.29, 0.717) is 6.61 Å². The van der Waals surface area contributed by atoms with Crippen LogP contribution in [0.1, 0.15) is 104 Å². The Kier molecular flexibility index (Phi) is 15.6. The highest BCUT2D eigenvalue weighted by Gasteiger charge is 1.98. The number of nitrogens with zero attached hydrogens (tertiary/aromatic N) is 2. The van der Waals surface area contributed by atoms with E-state index in [-0.39, 0.29) is 0 Å². The third kappa shape index (κ3) is 13.4. The highest BCUT2D eigenvalue weighted by Crippen LogP contribution is 2.23. The Balaban J connectivity index is 1.46. The number of rotatable bonds is 20. The second-order valence-corrected chi connectivity index (χ2v) is 9.07. The monoisotopic (exact) mass is 466 g/mol. The zero-order valence-corrected chi connectivity index (χ0v) is 21.6. The largest absolute Gasteiger partial charge is 0.494 e. The number of unbranched alkanes of at least 4 members (excludes halogenated alkanes) is 13. The third-order valence-corrected chi connectivity index (χ3v) is 6.03. The minimum Gasteiger partial charge on any atom is -0.494 e. The molecular weight excluding hydrogens is 420 g/mol. The molecule has 34 heavy (non-hydrogen) atoms. The summed E-state index contributed by atoms with van der Waals surface area (Å²) in [6.07, 6.45) is 19.2. The maximum absolute atomic E-state index is 5.88. The molecule has 0 heterocycles. The van der Waals surface area contributed by atoms with Gasteiger partial charge in [0.25, 0.3) is 0 Å². The summed E-state index contributed by atoms with van der Waals surface area (Å²) < 4.78 is 11.3. The summed E-state index contributed by atoms with van der Waals surface area (Å²) in [5.74, 6) is 1.75. The van der Waals surface area contributed by atoms with Gasteiger partial charge in [0.1, 0.15) is 11.5 Å². The molecule has 0 amide bonds. The molecule has 0 aliphatic heterocycles. The van der Waals surface area contributed by atoms with E-state index in [9.17, 15) is 0 Å². The molecule has 0 unspecified atom stereocenters. The van der Waals surface area contributed by atoms with Crippen molar-refractivity contribution in [1.29, 1.82) is 0 Å². The SMILES string of the molecule is CCCCCCCCCCCCCCCCOc1ccc(/N=N/c2ccc(OCC)cc2)cc1. The van der Waals surface area contributed by atoms with Gasteiger partial charge in [-0.1, -0.05) is 90.4 Å². The Morgan fingerprint density at radius 2 is 0.853 bits per heavy atom. The molecule has 4 heteroatoms. The fraction of sp³-hybridized carbons (Fsp3) is 0.600. The molecule has 2 rings (SSSR count). The highest BCUT2D eigenvalue weighted by molar-refractivity contribution is 5.44. The highest BCUT2D eigenvalue weighted by atomic mass is 16.5. The van der Waals surface area contributed by atoms with Crippen molar-refractivity contribution in [2.24, 2.45) is 10.2 Å². The van der Waals surface area contributed by atoms with Crippen LogP contribution in [-0.2, 0) is 0 Å². The summed E-state index contributed by atoms with van der Waals surface area (Å²) in [4.78, 5) is 0. The van der Waals surface area contributed by atoms with Crippen molar-refractivity contribution in [3.63, 3.8) is 0 Å². The fourth-order valence-corrected chi connectivity index (χ4v) is 3.99. The van der Waals surface area contributed by atoms with E-state index in [1.165, 1.54) is 83.5 Å². The van der Waals surface area contributed by atoms with Gasteiger partial charge in [-0.05, 0) is 61.9 Å². The van der Waals surface area contributed by atoms with Gasteiger partial charge in [0.15, 0.2) is 0 Å². The number of hydrogen-bond acceptors (Lipinski definition) is 4. The molecule has 0 aromatic heterocycles. The van der Waals surface area contributed by atoms with E-state index in [0.717, 1.165) is 35.9 Å². The van der Waals surface area contributed by atoms with Crippen molar-refractivity contribution >= 4 is 11.4 Å². The Bertz CT molecular complexity index is 756. The molecule has 0 saturated heterocycles. The van der Waals surface area contributed by atoms with Gasteiger partial charge in [-0.2, -0.15) is 10.2 Å². The van der Waals surface area contributed by atoms with Gasteiger partial charge in [-0.3, -0.25) is 0 Å². The Morgan fingerprint density at radius 1 is 0.471 bits per heavy atom. The first-order valence-electron chi connectivity index (χ1n) is 13.7. The van der Waals surface area contributed by atoms with Gasteiger partial charge in [-0.15, -0.1) is 0 Å². The van der Waals surface area contributed by atoms with Crippen molar-refractivity contribution in [2.75, 3.05) is 13.2 Å². The summed E-state index contributed by atoms with van der Waals surface area (Å²) in [6, 6.07) is 15.5. The van der Waals surface area contributed by atoms with E-state index >= 15 is 0 Å². The van der Waals surface area contributed by atoms with E-state index in [2.05, 4.69) is 17.2 Å². The molecule has 2 aromatic rings. The normalized spacial score (nSPS) is 11.2. The predicted molar refractivity (Wildman–Crippen MR) is 144 cm³/mol. The maximum atomic E-state index is 5.88. The van der Waals surface area contributed by atoms with Gasteiger partial charge in [0.2, 0.25) is 0 Å². The van der Waals surface area contributed by atoms with Crippen LogP contribution >= 0.6 is 0 Å². The zero-order valence-electron chi connectivity index (χ0n) is 21.6. The average molecular weight is 467 g/mol. The number of azo groups is 1. The quantitative estimate of drug-likeness (QED) is 0.144. The van der Waals surface area contributed by atoms with Crippen LogP contribution in [0.5, 0.6) is 11.5 Å². The van der Waals surface area contributed by atoms with Crippen LogP contribution in [0.3, 0.4) is 0 Å². The van der Waals surface area contributed by atoms with Crippen LogP contribution < -0.4 is 9.47 Å². The Morgan fingerprint density at radius 3 is 1.26 bits per heavy atom. The van der Waals surface area contributed by atoms with Crippen molar-refractivity contribution in [3.05, 3.63) is 48.5 Å². The second-order valence-electron chi connectivity index (χ2n) is 9.07. The van der Waals surface area contributed by atoms with Crippen molar-refractivity contribution in [3.8, 4) is 11.5 Å². The maximum Gasteiger partial charge on any atom is 0.119 e. The lowest BCUT2D eigenvalue weighted by Crippen LogP contribution is -1.96. The van der Waals surface area contributed by atoms with Crippen LogP contribution in [-0.4, -0.2) is 13.2 Å².